The average Bonchev–Trinajstić information content (AvgIpc) is 2.97. The van der Waals surface area contributed by atoms with Gasteiger partial charge in [0.2, 0.25) is 0 Å². The molecule has 2 aliphatic heterocycles. The zero-order valence-electron chi connectivity index (χ0n) is 18.9. The van der Waals surface area contributed by atoms with E-state index in [0.717, 1.165) is 55.8 Å². The van der Waals surface area contributed by atoms with E-state index in [4.69, 9.17) is 19.2 Å². The lowest BCUT2D eigenvalue weighted by molar-refractivity contribution is -0.155. The molecule has 1 saturated heterocycles. The highest BCUT2D eigenvalue weighted by Crippen LogP contribution is 2.37. The van der Waals surface area contributed by atoms with E-state index >= 15 is 0 Å². The number of ether oxygens (including phenoxy) is 3. The van der Waals surface area contributed by atoms with Crippen LogP contribution < -0.4 is 9.64 Å². The molecule has 6 nitrogen and oxygen atoms in total. The fourth-order valence-electron chi connectivity index (χ4n) is 4.29. The molecule has 1 aromatic rings. The Balaban J connectivity index is 1.65. The summed E-state index contributed by atoms with van der Waals surface area (Å²) in [5, 5.41) is 0. The van der Waals surface area contributed by atoms with Crippen molar-refractivity contribution in [2.24, 2.45) is 5.92 Å². The minimum absolute atomic E-state index is 0.0938. The van der Waals surface area contributed by atoms with Crippen molar-refractivity contribution in [1.82, 2.24) is 4.98 Å². The highest BCUT2D eigenvalue weighted by Gasteiger charge is 2.31. The summed E-state index contributed by atoms with van der Waals surface area (Å²) in [6.07, 6.45) is 7.46. The molecule has 1 aromatic heterocycles. The van der Waals surface area contributed by atoms with Gasteiger partial charge in [0.15, 0.2) is 11.6 Å². The molecule has 0 aromatic carbocycles. The highest BCUT2D eigenvalue weighted by molar-refractivity contribution is 5.69. The number of hydrogen-bond acceptors (Lipinski definition) is 6. The summed E-state index contributed by atoms with van der Waals surface area (Å²) < 4.78 is 17.0. The van der Waals surface area contributed by atoms with Crippen LogP contribution in [0.25, 0.3) is 5.76 Å². The molecule has 3 rings (SSSR count). The summed E-state index contributed by atoms with van der Waals surface area (Å²) in [6, 6.07) is 2.42. The second-order valence-electron chi connectivity index (χ2n) is 9.24. The van der Waals surface area contributed by atoms with Crippen molar-refractivity contribution >= 4 is 17.5 Å². The molecule has 0 amide bonds. The van der Waals surface area contributed by atoms with Gasteiger partial charge in [-0.15, -0.1) is 0 Å². The molecule has 2 aliphatic rings. The van der Waals surface area contributed by atoms with Gasteiger partial charge in [0.05, 0.1) is 13.2 Å². The maximum atomic E-state index is 12.1. The Labute approximate surface area is 180 Å². The number of pyridine rings is 1. The standard InChI is InChI=1S/C24H36N2O4/c1-6-28-17(2)19-15-21-23(25-16-19)26-13-11-18(7-9-20(26)12-14-29-21)8-10-22(27)30-24(3,4)5/h15-16,18,20H,2,6-14H2,1,3-5H3/t18-,20?/m1/s1. The van der Waals surface area contributed by atoms with Gasteiger partial charge in [-0.05, 0) is 65.4 Å². The van der Waals surface area contributed by atoms with Gasteiger partial charge >= 0.3 is 5.97 Å². The minimum Gasteiger partial charge on any atom is -0.494 e. The first-order valence-corrected chi connectivity index (χ1v) is 11.2. The first kappa shape index (κ1) is 22.4. The van der Waals surface area contributed by atoms with Crippen molar-refractivity contribution in [3.8, 4) is 5.75 Å². The third-order valence-corrected chi connectivity index (χ3v) is 5.76. The molecule has 3 heterocycles. The van der Waals surface area contributed by atoms with Crippen LogP contribution in [-0.2, 0) is 14.3 Å². The number of carbonyl (C=O) groups excluding carboxylic acids is 1. The Morgan fingerprint density at radius 1 is 1.30 bits per heavy atom. The van der Waals surface area contributed by atoms with Crippen molar-refractivity contribution in [3.05, 3.63) is 24.4 Å². The van der Waals surface area contributed by atoms with Crippen LogP contribution in [0.3, 0.4) is 0 Å². The Morgan fingerprint density at radius 3 is 2.83 bits per heavy atom. The number of anilines is 1. The van der Waals surface area contributed by atoms with Gasteiger partial charge in [-0.25, -0.2) is 4.98 Å². The molecule has 0 spiro atoms. The van der Waals surface area contributed by atoms with Crippen molar-refractivity contribution in [1.29, 1.82) is 0 Å². The predicted molar refractivity (Wildman–Crippen MR) is 119 cm³/mol. The molecule has 0 radical (unpaired) electrons. The molecule has 0 N–H and O–H groups in total. The largest absolute Gasteiger partial charge is 0.494 e. The molecular formula is C24H36N2O4. The normalized spacial score (nSPS) is 21.4. The fraction of sp³-hybridized carbons (Fsp3) is 0.667. The zero-order chi connectivity index (χ0) is 21.7. The van der Waals surface area contributed by atoms with E-state index < -0.39 is 5.60 Å². The number of carbonyl (C=O) groups is 1. The number of aromatic nitrogens is 1. The lowest BCUT2D eigenvalue weighted by Gasteiger charge is -2.29. The fourth-order valence-corrected chi connectivity index (χ4v) is 4.29. The summed E-state index contributed by atoms with van der Waals surface area (Å²) in [5.74, 6) is 2.78. The van der Waals surface area contributed by atoms with Crippen LogP contribution in [0.15, 0.2) is 18.8 Å². The van der Waals surface area contributed by atoms with Crippen LogP contribution in [0.2, 0.25) is 0 Å². The molecule has 6 heteroatoms. The second-order valence-corrected chi connectivity index (χ2v) is 9.24. The van der Waals surface area contributed by atoms with E-state index in [0.29, 0.717) is 37.4 Å². The van der Waals surface area contributed by atoms with Gasteiger partial charge in [-0.2, -0.15) is 0 Å². The van der Waals surface area contributed by atoms with E-state index in [1.807, 2.05) is 40.0 Å². The SMILES string of the molecule is C=C(OCC)c1cnc2c(c1)OCCC1CC[C@H](CCC(=O)OC(C)(C)C)CCN21. The number of nitrogens with zero attached hydrogens (tertiary/aromatic N) is 2. The van der Waals surface area contributed by atoms with Gasteiger partial charge in [0.25, 0.3) is 0 Å². The summed E-state index contributed by atoms with van der Waals surface area (Å²) in [5.41, 5.74) is 0.445. The molecule has 0 saturated carbocycles. The molecule has 1 unspecified atom stereocenters. The van der Waals surface area contributed by atoms with E-state index in [1.54, 1.807) is 0 Å². The van der Waals surface area contributed by atoms with E-state index in [2.05, 4.69) is 11.5 Å². The summed E-state index contributed by atoms with van der Waals surface area (Å²) in [6.45, 7) is 13.9. The monoisotopic (exact) mass is 416 g/mol. The van der Waals surface area contributed by atoms with Crippen molar-refractivity contribution in [3.63, 3.8) is 0 Å². The average molecular weight is 417 g/mol. The van der Waals surface area contributed by atoms with Crippen molar-refractivity contribution in [2.45, 2.75) is 77.9 Å². The molecule has 0 bridgehead atoms. The number of rotatable bonds is 6. The maximum Gasteiger partial charge on any atom is 0.306 e. The van der Waals surface area contributed by atoms with Crippen molar-refractivity contribution < 1.29 is 19.0 Å². The maximum absolute atomic E-state index is 12.1. The molecule has 0 aliphatic carbocycles. The van der Waals surface area contributed by atoms with Gasteiger partial charge < -0.3 is 19.1 Å². The zero-order valence-corrected chi connectivity index (χ0v) is 18.9. The molecule has 166 valence electrons. The minimum atomic E-state index is -0.416. The Bertz CT molecular complexity index is 756. The molecule has 1 fully saturated rings. The van der Waals surface area contributed by atoms with E-state index in [-0.39, 0.29) is 5.97 Å². The topological polar surface area (TPSA) is 60.9 Å². The van der Waals surface area contributed by atoms with Crippen LogP contribution in [0, 0.1) is 5.92 Å². The predicted octanol–water partition coefficient (Wildman–Crippen LogP) is 4.97. The Kier molecular flexibility index (Phi) is 7.27. The highest BCUT2D eigenvalue weighted by atomic mass is 16.6. The van der Waals surface area contributed by atoms with Crippen molar-refractivity contribution in [2.75, 3.05) is 24.7 Å². The molecular weight excluding hydrogens is 380 g/mol. The van der Waals surface area contributed by atoms with Crippen LogP contribution in [0.1, 0.15) is 71.8 Å². The summed E-state index contributed by atoms with van der Waals surface area (Å²) in [4.78, 5) is 19.2. The number of hydrogen-bond donors (Lipinski definition) is 0. The number of esters is 1. The van der Waals surface area contributed by atoms with Crippen LogP contribution >= 0.6 is 0 Å². The smallest absolute Gasteiger partial charge is 0.306 e. The van der Waals surface area contributed by atoms with Crippen LogP contribution in [0.5, 0.6) is 5.75 Å². The van der Waals surface area contributed by atoms with Crippen LogP contribution in [0.4, 0.5) is 5.82 Å². The molecule has 30 heavy (non-hydrogen) atoms. The lowest BCUT2D eigenvalue weighted by Crippen LogP contribution is -2.35. The molecule has 2 atom stereocenters. The van der Waals surface area contributed by atoms with E-state index in [1.165, 1.54) is 0 Å². The van der Waals surface area contributed by atoms with Crippen LogP contribution in [-0.4, -0.2) is 42.4 Å². The second kappa shape index (κ2) is 9.71. The van der Waals surface area contributed by atoms with Gasteiger partial charge in [0.1, 0.15) is 11.4 Å². The first-order chi connectivity index (χ1) is 14.3. The summed E-state index contributed by atoms with van der Waals surface area (Å²) in [7, 11) is 0. The summed E-state index contributed by atoms with van der Waals surface area (Å²) >= 11 is 0. The first-order valence-electron chi connectivity index (χ1n) is 11.2. The Hall–Kier alpha value is -2.24. The van der Waals surface area contributed by atoms with Gasteiger partial charge in [0, 0.05) is 37.2 Å². The lowest BCUT2D eigenvalue weighted by atomic mass is 9.94. The van der Waals surface area contributed by atoms with Gasteiger partial charge in [-0.1, -0.05) is 6.58 Å². The van der Waals surface area contributed by atoms with E-state index in [9.17, 15) is 4.79 Å². The quantitative estimate of drug-likeness (QED) is 0.482. The third-order valence-electron chi connectivity index (χ3n) is 5.76. The Morgan fingerprint density at radius 2 is 2.10 bits per heavy atom. The van der Waals surface area contributed by atoms with Gasteiger partial charge in [-0.3, -0.25) is 4.79 Å². The number of fused-ring (bicyclic) bond motifs is 3. The third kappa shape index (κ3) is 5.89.